The van der Waals surface area contributed by atoms with Gasteiger partial charge in [0.05, 0.1) is 0 Å². The number of rotatable bonds is 5. The molecule has 0 aliphatic rings. The van der Waals surface area contributed by atoms with Crippen LogP contribution in [0.15, 0.2) is 12.2 Å². The Labute approximate surface area is 87.3 Å². The quantitative estimate of drug-likeness (QED) is 0.311. The van der Waals surface area contributed by atoms with E-state index in [1.165, 1.54) is 12.2 Å². The van der Waals surface area contributed by atoms with Crippen molar-refractivity contribution in [3.8, 4) is 12.3 Å². The Bertz CT molecular complexity index is 319. The molecule has 0 aromatic heterocycles. The number of aliphatic carboxylic acids is 1. The molecule has 15 heavy (non-hydrogen) atoms. The third-order valence-corrected chi connectivity index (χ3v) is 1.53. The van der Waals surface area contributed by atoms with Crippen molar-refractivity contribution in [3.05, 3.63) is 12.2 Å². The SMILES string of the molecule is C#CC(N)(C=CCN)C(=O)NCC(=O)O. The molecule has 0 aromatic carbocycles. The summed E-state index contributed by atoms with van der Waals surface area (Å²) in [6.07, 6.45) is 7.76. The van der Waals surface area contributed by atoms with Gasteiger partial charge >= 0.3 is 5.97 Å². The van der Waals surface area contributed by atoms with Gasteiger partial charge in [-0.1, -0.05) is 12.0 Å². The highest BCUT2D eigenvalue weighted by Gasteiger charge is 2.28. The van der Waals surface area contributed by atoms with Gasteiger partial charge in [-0.15, -0.1) is 6.42 Å². The molecule has 0 heterocycles. The van der Waals surface area contributed by atoms with Crippen LogP contribution in [0.5, 0.6) is 0 Å². The van der Waals surface area contributed by atoms with Crippen LogP contribution >= 0.6 is 0 Å². The molecule has 1 amide bonds. The fraction of sp³-hybridized carbons (Fsp3) is 0.333. The minimum Gasteiger partial charge on any atom is -0.480 e. The van der Waals surface area contributed by atoms with Gasteiger partial charge in [-0.3, -0.25) is 9.59 Å². The number of carboxylic acid groups (broad SMARTS) is 1. The van der Waals surface area contributed by atoms with Crippen LogP contribution in [0.2, 0.25) is 0 Å². The summed E-state index contributed by atoms with van der Waals surface area (Å²) in [5.74, 6) is 0.139. The lowest BCUT2D eigenvalue weighted by Gasteiger charge is -2.17. The van der Waals surface area contributed by atoms with Crippen LogP contribution in [-0.2, 0) is 9.59 Å². The molecule has 1 unspecified atom stereocenters. The van der Waals surface area contributed by atoms with E-state index in [2.05, 4.69) is 11.2 Å². The smallest absolute Gasteiger partial charge is 0.322 e. The maximum atomic E-state index is 11.4. The van der Waals surface area contributed by atoms with Gasteiger partial charge in [0.2, 0.25) is 0 Å². The summed E-state index contributed by atoms with van der Waals surface area (Å²) >= 11 is 0. The fourth-order valence-electron chi connectivity index (χ4n) is 0.745. The Kier molecular flexibility index (Phi) is 5.09. The van der Waals surface area contributed by atoms with Crippen molar-refractivity contribution in [1.82, 2.24) is 5.32 Å². The predicted octanol–water partition coefficient (Wildman–Crippen LogP) is -1.97. The van der Waals surface area contributed by atoms with E-state index in [1.807, 2.05) is 0 Å². The van der Waals surface area contributed by atoms with Gasteiger partial charge in [0.25, 0.3) is 5.91 Å². The van der Waals surface area contributed by atoms with Gasteiger partial charge in [0.15, 0.2) is 5.54 Å². The Morgan fingerprint density at radius 2 is 2.20 bits per heavy atom. The first-order valence-electron chi connectivity index (χ1n) is 4.10. The molecule has 0 saturated heterocycles. The van der Waals surface area contributed by atoms with E-state index in [9.17, 15) is 9.59 Å². The van der Waals surface area contributed by atoms with Crippen molar-refractivity contribution < 1.29 is 14.7 Å². The van der Waals surface area contributed by atoms with Gasteiger partial charge in [0, 0.05) is 6.54 Å². The normalized spacial score (nSPS) is 14.2. The number of hydrogen-bond donors (Lipinski definition) is 4. The minimum atomic E-state index is -1.66. The van der Waals surface area contributed by atoms with E-state index in [-0.39, 0.29) is 6.54 Å². The van der Waals surface area contributed by atoms with Crippen LogP contribution in [0.3, 0.4) is 0 Å². The highest BCUT2D eigenvalue weighted by molar-refractivity contribution is 5.93. The Hall–Kier alpha value is -1.84. The van der Waals surface area contributed by atoms with Crippen molar-refractivity contribution in [2.24, 2.45) is 11.5 Å². The third-order valence-electron chi connectivity index (χ3n) is 1.53. The first kappa shape index (κ1) is 13.2. The lowest BCUT2D eigenvalue weighted by atomic mass is 10.0. The molecule has 0 radical (unpaired) electrons. The lowest BCUT2D eigenvalue weighted by molar-refractivity contribution is -0.138. The van der Waals surface area contributed by atoms with Crippen LogP contribution in [0.4, 0.5) is 0 Å². The number of hydrogen-bond acceptors (Lipinski definition) is 4. The summed E-state index contributed by atoms with van der Waals surface area (Å²) in [5.41, 5.74) is 9.05. The van der Waals surface area contributed by atoms with Crippen molar-refractivity contribution in [1.29, 1.82) is 0 Å². The molecule has 6 heteroatoms. The van der Waals surface area contributed by atoms with Gasteiger partial charge < -0.3 is 21.9 Å². The Balaban J connectivity index is 4.53. The van der Waals surface area contributed by atoms with Crippen LogP contribution in [0.1, 0.15) is 0 Å². The molecule has 0 saturated carbocycles. The number of amides is 1. The maximum absolute atomic E-state index is 11.4. The minimum absolute atomic E-state index is 0.187. The van der Waals surface area contributed by atoms with Gasteiger partial charge in [-0.2, -0.15) is 0 Å². The largest absolute Gasteiger partial charge is 0.480 e. The van der Waals surface area contributed by atoms with E-state index >= 15 is 0 Å². The summed E-state index contributed by atoms with van der Waals surface area (Å²) in [6, 6.07) is 0. The van der Waals surface area contributed by atoms with Gasteiger partial charge in [0.1, 0.15) is 6.54 Å². The second kappa shape index (κ2) is 5.80. The molecule has 6 N–H and O–H groups in total. The zero-order chi connectivity index (χ0) is 11.9. The average molecular weight is 211 g/mol. The maximum Gasteiger partial charge on any atom is 0.322 e. The number of nitrogens with two attached hydrogens (primary N) is 2. The molecule has 1 atom stereocenters. The summed E-state index contributed by atoms with van der Waals surface area (Å²) in [5, 5.41) is 10.4. The fourth-order valence-corrected chi connectivity index (χ4v) is 0.745. The van der Waals surface area contributed by atoms with E-state index in [4.69, 9.17) is 23.0 Å². The highest BCUT2D eigenvalue weighted by atomic mass is 16.4. The van der Waals surface area contributed by atoms with Crippen LogP contribution in [0.25, 0.3) is 0 Å². The van der Waals surface area contributed by atoms with Gasteiger partial charge in [-0.25, -0.2) is 0 Å². The molecule has 6 nitrogen and oxygen atoms in total. The van der Waals surface area contributed by atoms with E-state index in [0.717, 1.165) is 0 Å². The standard InChI is InChI=1S/C9H13N3O3/c1-2-9(11,4-3-5-10)8(15)12-6-7(13)14/h1,3-4H,5-6,10-11H2,(H,12,15)(H,13,14). The van der Waals surface area contributed by atoms with Crippen LogP contribution in [-0.4, -0.2) is 35.6 Å². The summed E-state index contributed by atoms with van der Waals surface area (Å²) in [6.45, 7) is -0.344. The molecule has 0 bridgehead atoms. The lowest BCUT2D eigenvalue weighted by Crippen LogP contribution is -2.52. The first-order chi connectivity index (χ1) is 6.96. The second-order valence-electron chi connectivity index (χ2n) is 2.73. The number of terminal acetylenes is 1. The molecule has 0 rings (SSSR count). The van der Waals surface area contributed by atoms with E-state index in [0.29, 0.717) is 0 Å². The predicted molar refractivity (Wildman–Crippen MR) is 54.6 cm³/mol. The Morgan fingerprint density at radius 1 is 1.60 bits per heavy atom. The average Bonchev–Trinajstić information content (AvgIpc) is 2.22. The second-order valence-corrected chi connectivity index (χ2v) is 2.73. The highest BCUT2D eigenvalue weighted by Crippen LogP contribution is 2.00. The van der Waals surface area contributed by atoms with Crippen molar-refractivity contribution in [2.75, 3.05) is 13.1 Å². The van der Waals surface area contributed by atoms with Crippen molar-refractivity contribution in [2.45, 2.75) is 5.54 Å². The number of carbonyl (C=O) groups is 2. The monoisotopic (exact) mass is 211 g/mol. The molecule has 0 spiro atoms. The molecular formula is C9H13N3O3. The molecule has 0 fully saturated rings. The topological polar surface area (TPSA) is 118 Å². The molecular weight excluding hydrogens is 198 g/mol. The van der Waals surface area contributed by atoms with Crippen LogP contribution in [0, 0.1) is 12.3 Å². The van der Waals surface area contributed by atoms with Crippen LogP contribution < -0.4 is 16.8 Å². The molecule has 0 aliphatic heterocycles. The summed E-state index contributed by atoms with van der Waals surface area (Å²) in [4.78, 5) is 21.6. The van der Waals surface area contributed by atoms with E-state index in [1.54, 1.807) is 0 Å². The van der Waals surface area contributed by atoms with Gasteiger partial charge in [-0.05, 0) is 6.08 Å². The summed E-state index contributed by atoms with van der Waals surface area (Å²) in [7, 11) is 0. The van der Waals surface area contributed by atoms with E-state index < -0.39 is 24.0 Å². The zero-order valence-corrected chi connectivity index (χ0v) is 8.06. The third kappa shape index (κ3) is 4.26. The first-order valence-corrected chi connectivity index (χ1v) is 4.10. The molecule has 0 aliphatic carbocycles. The number of carbonyl (C=O) groups excluding carboxylic acids is 1. The van der Waals surface area contributed by atoms with Crippen molar-refractivity contribution in [3.63, 3.8) is 0 Å². The van der Waals surface area contributed by atoms with Crippen molar-refractivity contribution >= 4 is 11.9 Å². The molecule has 82 valence electrons. The summed E-state index contributed by atoms with van der Waals surface area (Å²) < 4.78 is 0. The number of nitrogens with one attached hydrogen (secondary N) is 1. The Morgan fingerprint density at radius 3 is 2.60 bits per heavy atom. The molecule has 0 aromatic rings. The zero-order valence-electron chi connectivity index (χ0n) is 8.06. The number of carboxylic acids is 1.